The number of carbonyl (C=O) groups is 1. The summed E-state index contributed by atoms with van der Waals surface area (Å²) >= 11 is 8.26. The summed E-state index contributed by atoms with van der Waals surface area (Å²) in [5.41, 5.74) is 2.42. The zero-order chi connectivity index (χ0) is 20.9. The summed E-state index contributed by atoms with van der Waals surface area (Å²) in [6.07, 6.45) is 5.49. The fraction of sp³-hybridized carbons (Fsp3) is 0.478. The van der Waals surface area contributed by atoms with Crippen LogP contribution in [0.4, 0.5) is 11.5 Å². The van der Waals surface area contributed by atoms with E-state index in [-0.39, 0.29) is 5.91 Å². The third-order valence-corrected chi connectivity index (χ3v) is 7.41. The van der Waals surface area contributed by atoms with E-state index >= 15 is 0 Å². The van der Waals surface area contributed by atoms with E-state index in [4.69, 9.17) is 11.6 Å². The number of benzene rings is 1. The number of pyridine rings is 1. The molecule has 2 aliphatic rings. The van der Waals surface area contributed by atoms with Crippen molar-refractivity contribution in [2.75, 3.05) is 41.8 Å². The molecule has 5 nitrogen and oxygen atoms in total. The molecule has 3 heterocycles. The van der Waals surface area contributed by atoms with E-state index in [9.17, 15) is 4.79 Å². The summed E-state index contributed by atoms with van der Waals surface area (Å²) in [5.74, 6) is 3.56. The average molecular weight is 445 g/mol. The number of halogens is 1. The highest BCUT2D eigenvalue weighted by Crippen LogP contribution is 2.28. The van der Waals surface area contributed by atoms with Crippen molar-refractivity contribution in [3.05, 3.63) is 52.7 Å². The van der Waals surface area contributed by atoms with Crippen LogP contribution in [-0.2, 0) is 0 Å². The van der Waals surface area contributed by atoms with Crippen LogP contribution in [0.3, 0.4) is 0 Å². The number of piperidine rings is 1. The molecular weight excluding hydrogens is 416 g/mol. The van der Waals surface area contributed by atoms with Gasteiger partial charge in [-0.25, -0.2) is 4.98 Å². The van der Waals surface area contributed by atoms with Gasteiger partial charge in [0.1, 0.15) is 5.82 Å². The number of rotatable bonds is 6. The maximum atomic E-state index is 12.9. The van der Waals surface area contributed by atoms with Crippen LogP contribution >= 0.6 is 23.4 Å². The van der Waals surface area contributed by atoms with Crippen LogP contribution in [0.2, 0.25) is 5.02 Å². The Morgan fingerprint density at radius 2 is 2.07 bits per heavy atom. The average Bonchev–Trinajstić information content (AvgIpc) is 3.30. The van der Waals surface area contributed by atoms with Gasteiger partial charge in [0.25, 0.3) is 5.91 Å². The summed E-state index contributed by atoms with van der Waals surface area (Å²) in [7, 11) is 0. The summed E-state index contributed by atoms with van der Waals surface area (Å²) in [6.45, 7) is 5.21. The molecule has 2 fully saturated rings. The molecule has 0 saturated carbocycles. The maximum absolute atomic E-state index is 12.9. The van der Waals surface area contributed by atoms with Gasteiger partial charge in [0.05, 0.1) is 5.56 Å². The molecule has 0 spiro atoms. The Bertz CT molecular complexity index is 862. The van der Waals surface area contributed by atoms with Crippen molar-refractivity contribution in [3.8, 4) is 0 Å². The number of anilines is 2. The lowest BCUT2D eigenvalue weighted by molar-refractivity contribution is 0.102. The van der Waals surface area contributed by atoms with Gasteiger partial charge in [0.2, 0.25) is 0 Å². The fourth-order valence-electron chi connectivity index (χ4n) is 4.17. The summed E-state index contributed by atoms with van der Waals surface area (Å²) in [6, 6.07) is 9.95. The molecule has 7 heteroatoms. The number of aryl methyl sites for hydroxylation is 1. The summed E-state index contributed by atoms with van der Waals surface area (Å²) in [4.78, 5) is 19.8. The molecule has 4 rings (SSSR count). The van der Waals surface area contributed by atoms with E-state index in [0.717, 1.165) is 23.8 Å². The lowest BCUT2D eigenvalue weighted by Crippen LogP contribution is -2.42. The molecule has 30 heavy (non-hydrogen) atoms. The Hall–Kier alpha value is -1.76. The number of hydrogen-bond donors (Lipinski definition) is 2. The number of amides is 1. The smallest absolute Gasteiger partial charge is 0.258 e. The monoisotopic (exact) mass is 444 g/mol. The molecule has 2 aromatic rings. The van der Waals surface area contributed by atoms with Crippen molar-refractivity contribution in [3.63, 3.8) is 0 Å². The second-order valence-electron chi connectivity index (χ2n) is 8.24. The van der Waals surface area contributed by atoms with Gasteiger partial charge in [0.15, 0.2) is 0 Å². The number of hydrogen-bond acceptors (Lipinski definition) is 5. The van der Waals surface area contributed by atoms with Crippen LogP contribution in [0.5, 0.6) is 0 Å². The fourth-order valence-corrected chi connectivity index (χ4v) is 5.60. The Morgan fingerprint density at radius 3 is 2.77 bits per heavy atom. The maximum Gasteiger partial charge on any atom is 0.258 e. The predicted octanol–water partition coefficient (Wildman–Crippen LogP) is 4.93. The number of carbonyl (C=O) groups excluding carboxylic acids is 1. The van der Waals surface area contributed by atoms with Crippen LogP contribution in [0.15, 0.2) is 36.5 Å². The molecule has 160 valence electrons. The van der Waals surface area contributed by atoms with Crippen molar-refractivity contribution in [1.82, 2.24) is 9.88 Å². The Labute approximate surface area is 188 Å². The SMILES string of the molecule is Cc1ccc(NC(=O)c2cc(Cl)ccc2NCC2CCN(C3CCSC3)CC2)nc1. The standard InChI is InChI=1S/C23H29ClN4OS/c1-16-2-5-22(26-13-16)27-23(29)20-12-18(24)3-4-21(20)25-14-17-6-9-28(10-7-17)19-8-11-30-15-19/h2-5,12-13,17,19,25H,6-11,14-15H2,1H3,(H,26,27,29). The minimum absolute atomic E-state index is 0.204. The molecule has 1 amide bonds. The van der Waals surface area contributed by atoms with Gasteiger partial charge in [-0.15, -0.1) is 0 Å². The van der Waals surface area contributed by atoms with E-state index < -0.39 is 0 Å². The van der Waals surface area contributed by atoms with E-state index in [0.29, 0.717) is 22.3 Å². The zero-order valence-electron chi connectivity index (χ0n) is 17.4. The number of nitrogens with one attached hydrogen (secondary N) is 2. The number of thioether (sulfide) groups is 1. The summed E-state index contributed by atoms with van der Waals surface area (Å²) in [5, 5.41) is 6.93. The van der Waals surface area contributed by atoms with E-state index in [2.05, 4.69) is 32.3 Å². The van der Waals surface area contributed by atoms with Crippen molar-refractivity contribution in [2.24, 2.45) is 5.92 Å². The van der Waals surface area contributed by atoms with Gasteiger partial charge in [-0.05, 0) is 80.8 Å². The molecule has 0 radical (unpaired) electrons. The number of likely N-dealkylation sites (tertiary alicyclic amines) is 1. The quantitative estimate of drug-likeness (QED) is 0.661. The minimum Gasteiger partial charge on any atom is -0.384 e. The lowest BCUT2D eigenvalue weighted by Gasteiger charge is -2.36. The Balaban J connectivity index is 1.35. The molecule has 1 aromatic carbocycles. The molecule has 1 aromatic heterocycles. The summed E-state index contributed by atoms with van der Waals surface area (Å²) < 4.78 is 0. The highest BCUT2D eigenvalue weighted by molar-refractivity contribution is 7.99. The lowest BCUT2D eigenvalue weighted by atomic mass is 9.95. The van der Waals surface area contributed by atoms with Crippen LogP contribution in [0, 0.1) is 12.8 Å². The molecule has 2 aliphatic heterocycles. The van der Waals surface area contributed by atoms with Gasteiger partial charge in [0, 0.05) is 35.2 Å². The topological polar surface area (TPSA) is 57.3 Å². The normalized spacial score (nSPS) is 20.3. The molecular formula is C23H29ClN4OS. The first-order valence-corrected chi connectivity index (χ1v) is 12.2. The van der Waals surface area contributed by atoms with Gasteiger partial charge in [-0.1, -0.05) is 17.7 Å². The third-order valence-electron chi connectivity index (χ3n) is 6.03. The zero-order valence-corrected chi connectivity index (χ0v) is 18.9. The number of aromatic nitrogens is 1. The van der Waals surface area contributed by atoms with E-state index in [1.165, 1.54) is 43.9 Å². The van der Waals surface area contributed by atoms with Crippen LogP contribution in [0.25, 0.3) is 0 Å². The molecule has 0 aliphatic carbocycles. The van der Waals surface area contributed by atoms with Crippen LogP contribution in [0.1, 0.15) is 35.2 Å². The van der Waals surface area contributed by atoms with Crippen molar-refractivity contribution >= 4 is 40.8 Å². The molecule has 0 bridgehead atoms. The minimum atomic E-state index is -0.204. The van der Waals surface area contributed by atoms with Crippen molar-refractivity contribution in [1.29, 1.82) is 0 Å². The van der Waals surface area contributed by atoms with Crippen LogP contribution in [-0.4, -0.2) is 53.0 Å². The molecule has 1 unspecified atom stereocenters. The molecule has 1 atom stereocenters. The van der Waals surface area contributed by atoms with Gasteiger partial charge < -0.3 is 10.6 Å². The first-order valence-electron chi connectivity index (χ1n) is 10.7. The van der Waals surface area contributed by atoms with Crippen molar-refractivity contribution in [2.45, 2.75) is 32.2 Å². The van der Waals surface area contributed by atoms with E-state index in [1.807, 2.05) is 31.2 Å². The first kappa shape index (κ1) is 21.5. The Morgan fingerprint density at radius 1 is 1.23 bits per heavy atom. The van der Waals surface area contributed by atoms with Gasteiger partial charge >= 0.3 is 0 Å². The largest absolute Gasteiger partial charge is 0.384 e. The van der Waals surface area contributed by atoms with Gasteiger partial charge in [-0.2, -0.15) is 11.8 Å². The highest BCUT2D eigenvalue weighted by Gasteiger charge is 2.27. The first-order chi connectivity index (χ1) is 14.6. The van der Waals surface area contributed by atoms with Gasteiger partial charge in [-0.3, -0.25) is 9.69 Å². The Kier molecular flexibility index (Phi) is 7.18. The second-order valence-corrected chi connectivity index (χ2v) is 9.83. The highest BCUT2D eigenvalue weighted by atomic mass is 35.5. The number of nitrogens with zero attached hydrogens (tertiary/aromatic N) is 2. The molecule has 2 saturated heterocycles. The van der Waals surface area contributed by atoms with Crippen molar-refractivity contribution < 1.29 is 4.79 Å². The van der Waals surface area contributed by atoms with Crippen LogP contribution < -0.4 is 10.6 Å². The second kappa shape index (κ2) is 10.0. The van der Waals surface area contributed by atoms with E-state index in [1.54, 1.807) is 12.3 Å². The third kappa shape index (κ3) is 5.48. The predicted molar refractivity (Wildman–Crippen MR) is 127 cm³/mol. The molecule has 2 N–H and O–H groups in total.